The Morgan fingerprint density at radius 2 is 2.11 bits per heavy atom. The summed E-state index contributed by atoms with van der Waals surface area (Å²) in [4.78, 5) is 10.9. The first-order valence-corrected chi connectivity index (χ1v) is 5.95. The minimum atomic E-state index is -4.30. The van der Waals surface area contributed by atoms with Crippen LogP contribution in [0.5, 0.6) is 5.75 Å². The van der Waals surface area contributed by atoms with E-state index in [1.165, 1.54) is 12.1 Å². The van der Waals surface area contributed by atoms with Crippen LogP contribution in [0.1, 0.15) is 15.9 Å². The van der Waals surface area contributed by atoms with E-state index >= 15 is 0 Å². The predicted molar refractivity (Wildman–Crippen MR) is 62.1 cm³/mol. The van der Waals surface area contributed by atoms with Gasteiger partial charge in [-0.25, -0.2) is 4.79 Å². The van der Waals surface area contributed by atoms with E-state index in [1.54, 1.807) is 13.0 Å². The molecular weight excluding hydrogens is 269 g/mol. The predicted octanol–water partition coefficient (Wildman–Crippen LogP) is 3.33. The summed E-state index contributed by atoms with van der Waals surface area (Å²) in [6.45, 7) is 1.52. The zero-order valence-electron chi connectivity index (χ0n) is 9.45. The van der Waals surface area contributed by atoms with Gasteiger partial charge >= 0.3 is 11.5 Å². The molecule has 0 bridgehead atoms. The zero-order chi connectivity index (χ0) is 13.8. The molecule has 1 aromatic carbocycles. The molecule has 0 aromatic heterocycles. The smallest absolute Gasteiger partial charge is 0.441 e. The van der Waals surface area contributed by atoms with Crippen molar-refractivity contribution in [3.63, 3.8) is 0 Å². The van der Waals surface area contributed by atoms with Gasteiger partial charge in [0.05, 0.1) is 6.61 Å². The van der Waals surface area contributed by atoms with Crippen LogP contribution < -0.4 is 4.74 Å². The van der Waals surface area contributed by atoms with E-state index < -0.39 is 11.5 Å². The Hall–Kier alpha value is -1.37. The Bertz CT molecular complexity index is 432. The number of aryl methyl sites for hydroxylation is 1. The van der Waals surface area contributed by atoms with Crippen molar-refractivity contribution in [2.75, 3.05) is 12.4 Å². The third kappa shape index (κ3) is 4.87. The van der Waals surface area contributed by atoms with Gasteiger partial charge in [-0.05, 0) is 30.8 Å². The lowest BCUT2D eigenvalue weighted by molar-refractivity contribution is -0.0329. The third-order valence-corrected chi connectivity index (χ3v) is 2.67. The molecule has 7 heteroatoms. The molecule has 0 spiro atoms. The summed E-state index contributed by atoms with van der Waals surface area (Å²) in [7, 11) is 0. The maximum atomic E-state index is 11.9. The molecule has 3 nitrogen and oxygen atoms in total. The molecule has 0 saturated carbocycles. The standard InChI is InChI=1S/C11H11F3O3S/c1-7-2-3-9(8(6-7)10(15)16)17-4-5-18-11(12,13)14/h2-3,6H,4-5H2,1H3,(H,15,16). The molecule has 18 heavy (non-hydrogen) atoms. The number of hydrogen-bond acceptors (Lipinski definition) is 3. The van der Waals surface area contributed by atoms with Gasteiger partial charge in [-0.2, -0.15) is 13.2 Å². The molecule has 1 N–H and O–H groups in total. The molecule has 0 amide bonds. The van der Waals surface area contributed by atoms with Crippen molar-refractivity contribution in [3.8, 4) is 5.75 Å². The van der Waals surface area contributed by atoms with Crippen LogP contribution in [0.3, 0.4) is 0 Å². The lowest BCUT2D eigenvalue weighted by Crippen LogP contribution is -2.09. The molecule has 1 rings (SSSR count). The molecular formula is C11H11F3O3S. The number of thioether (sulfide) groups is 1. The molecule has 0 radical (unpaired) electrons. The molecule has 0 fully saturated rings. The van der Waals surface area contributed by atoms with Crippen molar-refractivity contribution < 1.29 is 27.8 Å². The number of hydrogen-bond donors (Lipinski definition) is 1. The number of halogens is 3. The van der Waals surface area contributed by atoms with Crippen LogP contribution in [0.4, 0.5) is 13.2 Å². The van der Waals surface area contributed by atoms with E-state index in [9.17, 15) is 18.0 Å². The van der Waals surface area contributed by atoms with Crippen molar-refractivity contribution in [2.24, 2.45) is 0 Å². The molecule has 0 heterocycles. The van der Waals surface area contributed by atoms with Gasteiger partial charge in [-0.1, -0.05) is 11.6 Å². The van der Waals surface area contributed by atoms with E-state index in [0.29, 0.717) is 0 Å². The quantitative estimate of drug-likeness (QED) is 0.840. The molecule has 0 aliphatic heterocycles. The largest absolute Gasteiger partial charge is 0.492 e. The Morgan fingerprint density at radius 1 is 1.44 bits per heavy atom. The maximum Gasteiger partial charge on any atom is 0.441 e. The van der Waals surface area contributed by atoms with Crippen molar-refractivity contribution in [3.05, 3.63) is 29.3 Å². The van der Waals surface area contributed by atoms with Crippen molar-refractivity contribution in [2.45, 2.75) is 12.4 Å². The summed E-state index contributed by atoms with van der Waals surface area (Å²) < 4.78 is 40.6. The van der Waals surface area contributed by atoms with Gasteiger partial charge in [0.25, 0.3) is 0 Å². The molecule has 0 aliphatic rings. The zero-order valence-corrected chi connectivity index (χ0v) is 10.3. The molecule has 1 aromatic rings. The third-order valence-electron chi connectivity index (χ3n) is 1.97. The van der Waals surface area contributed by atoms with Gasteiger partial charge in [0.1, 0.15) is 11.3 Å². The summed E-state index contributed by atoms with van der Waals surface area (Å²) >= 11 is -0.202. The Kier molecular flexibility index (Phi) is 4.89. The summed E-state index contributed by atoms with van der Waals surface area (Å²) in [5, 5.41) is 8.91. The van der Waals surface area contributed by atoms with E-state index in [1.807, 2.05) is 0 Å². The number of carbonyl (C=O) groups is 1. The van der Waals surface area contributed by atoms with Crippen LogP contribution in [0.2, 0.25) is 0 Å². The van der Waals surface area contributed by atoms with Crippen LogP contribution in [-0.2, 0) is 0 Å². The fourth-order valence-electron chi connectivity index (χ4n) is 1.25. The van der Waals surface area contributed by atoms with Gasteiger partial charge in [0.2, 0.25) is 0 Å². The molecule has 0 saturated heterocycles. The average Bonchev–Trinajstić information content (AvgIpc) is 2.24. The first-order valence-electron chi connectivity index (χ1n) is 4.97. The van der Waals surface area contributed by atoms with Crippen LogP contribution in [0, 0.1) is 6.92 Å². The minimum absolute atomic E-state index is 0.0491. The highest BCUT2D eigenvalue weighted by molar-refractivity contribution is 8.00. The van der Waals surface area contributed by atoms with Gasteiger partial charge in [0, 0.05) is 5.75 Å². The second kappa shape index (κ2) is 5.99. The summed E-state index contributed by atoms with van der Waals surface area (Å²) in [6.07, 6.45) is 0. The first kappa shape index (κ1) is 14.7. The van der Waals surface area contributed by atoms with Gasteiger partial charge in [-0.15, -0.1) is 0 Å². The molecule has 100 valence electrons. The van der Waals surface area contributed by atoms with Crippen molar-refractivity contribution >= 4 is 17.7 Å². The second-order valence-corrected chi connectivity index (χ2v) is 4.61. The van der Waals surface area contributed by atoms with Crippen LogP contribution in [0.25, 0.3) is 0 Å². The molecule has 0 aliphatic carbocycles. The lowest BCUT2D eigenvalue weighted by atomic mass is 10.1. The van der Waals surface area contributed by atoms with E-state index in [2.05, 4.69) is 0 Å². The maximum absolute atomic E-state index is 11.9. The van der Waals surface area contributed by atoms with Crippen molar-refractivity contribution in [1.29, 1.82) is 0 Å². The summed E-state index contributed by atoms with van der Waals surface area (Å²) in [6, 6.07) is 4.49. The van der Waals surface area contributed by atoms with Crippen molar-refractivity contribution in [1.82, 2.24) is 0 Å². The fraction of sp³-hybridized carbons (Fsp3) is 0.364. The van der Waals surface area contributed by atoms with E-state index in [-0.39, 0.29) is 35.4 Å². The van der Waals surface area contributed by atoms with Crippen LogP contribution in [-0.4, -0.2) is 28.9 Å². The van der Waals surface area contributed by atoms with Gasteiger partial charge in [0.15, 0.2) is 0 Å². The number of aromatic carboxylic acids is 1. The number of carboxylic acid groups (broad SMARTS) is 1. The first-order chi connectivity index (χ1) is 8.29. The van der Waals surface area contributed by atoms with E-state index in [0.717, 1.165) is 5.56 Å². The minimum Gasteiger partial charge on any atom is -0.492 e. The highest BCUT2D eigenvalue weighted by Gasteiger charge is 2.27. The van der Waals surface area contributed by atoms with Gasteiger partial charge < -0.3 is 9.84 Å². The van der Waals surface area contributed by atoms with Crippen LogP contribution >= 0.6 is 11.8 Å². The Labute approximate surface area is 106 Å². The summed E-state index contributed by atoms with van der Waals surface area (Å²) in [5.41, 5.74) is -3.61. The monoisotopic (exact) mass is 280 g/mol. The highest BCUT2D eigenvalue weighted by atomic mass is 32.2. The SMILES string of the molecule is Cc1ccc(OCCSC(F)(F)F)c(C(=O)O)c1. The van der Waals surface area contributed by atoms with Crippen LogP contribution in [0.15, 0.2) is 18.2 Å². The Morgan fingerprint density at radius 3 is 2.67 bits per heavy atom. The number of rotatable bonds is 5. The highest BCUT2D eigenvalue weighted by Crippen LogP contribution is 2.30. The molecule has 0 unspecified atom stereocenters. The fourth-order valence-corrected chi connectivity index (χ4v) is 1.64. The average molecular weight is 280 g/mol. The lowest BCUT2D eigenvalue weighted by Gasteiger charge is -2.10. The number of alkyl halides is 3. The number of carboxylic acids is 1. The number of ether oxygens (including phenoxy) is 1. The summed E-state index contributed by atoms with van der Waals surface area (Å²) in [5.74, 6) is -1.37. The van der Waals surface area contributed by atoms with E-state index in [4.69, 9.17) is 9.84 Å². The second-order valence-electron chi connectivity index (χ2n) is 3.45. The normalized spacial score (nSPS) is 11.3. The number of benzene rings is 1. The Balaban J connectivity index is 2.59. The van der Waals surface area contributed by atoms with Gasteiger partial charge in [-0.3, -0.25) is 0 Å². The topological polar surface area (TPSA) is 46.5 Å². The molecule has 0 atom stereocenters.